The van der Waals surface area contributed by atoms with Crippen molar-refractivity contribution in [3.8, 4) is 0 Å². The van der Waals surface area contributed by atoms with E-state index in [4.69, 9.17) is 0 Å². The van der Waals surface area contributed by atoms with Crippen LogP contribution in [0.5, 0.6) is 0 Å². The number of rotatable bonds is 6. The van der Waals surface area contributed by atoms with Crippen LogP contribution in [0.25, 0.3) is 5.65 Å². The summed E-state index contributed by atoms with van der Waals surface area (Å²) in [5.41, 5.74) is 3.82. The molecular formula is C19H21N7. The number of hydrogen-bond acceptors (Lipinski definition) is 5. The van der Waals surface area contributed by atoms with Crippen LogP contribution in [0.4, 0.5) is 5.69 Å². The summed E-state index contributed by atoms with van der Waals surface area (Å²) < 4.78 is 3.88. The zero-order valence-electron chi connectivity index (χ0n) is 14.9. The first kappa shape index (κ1) is 16.3. The average molecular weight is 347 g/mol. The van der Waals surface area contributed by atoms with Gasteiger partial charge in [0.15, 0.2) is 0 Å². The van der Waals surface area contributed by atoms with Crippen LogP contribution in [0, 0.1) is 13.8 Å². The first-order chi connectivity index (χ1) is 12.7. The van der Waals surface area contributed by atoms with Crippen molar-refractivity contribution in [1.29, 1.82) is 0 Å². The van der Waals surface area contributed by atoms with E-state index in [0.717, 1.165) is 35.8 Å². The smallest absolute Gasteiger partial charge is 0.200 e. The number of benzene rings is 1. The molecule has 3 aromatic heterocycles. The van der Waals surface area contributed by atoms with Crippen LogP contribution in [0.15, 0.2) is 55.1 Å². The van der Waals surface area contributed by atoms with Gasteiger partial charge in [-0.05, 0) is 31.9 Å². The third-order valence-corrected chi connectivity index (χ3v) is 4.50. The van der Waals surface area contributed by atoms with Gasteiger partial charge in [-0.15, -0.1) is 10.2 Å². The number of hydrogen-bond donors (Lipinski definition) is 1. The van der Waals surface area contributed by atoms with Crippen molar-refractivity contribution in [2.24, 2.45) is 0 Å². The maximum Gasteiger partial charge on any atom is 0.200 e. The van der Waals surface area contributed by atoms with Gasteiger partial charge in [0.2, 0.25) is 5.65 Å². The molecule has 0 spiro atoms. The van der Waals surface area contributed by atoms with E-state index in [1.165, 1.54) is 5.56 Å². The Labute approximate surface area is 151 Å². The highest BCUT2D eigenvalue weighted by atomic mass is 15.3. The van der Waals surface area contributed by atoms with Crippen molar-refractivity contribution in [2.45, 2.75) is 32.9 Å². The maximum atomic E-state index is 4.41. The maximum absolute atomic E-state index is 4.41. The second-order valence-electron chi connectivity index (χ2n) is 6.36. The molecule has 0 bridgehead atoms. The van der Waals surface area contributed by atoms with Crippen molar-refractivity contribution < 1.29 is 0 Å². The van der Waals surface area contributed by atoms with Crippen molar-refractivity contribution in [2.75, 3.05) is 5.32 Å². The van der Waals surface area contributed by atoms with E-state index >= 15 is 0 Å². The number of fused-ring (bicyclic) bond motifs is 1. The van der Waals surface area contributed by atoms with Gasteiger partial charge in [-0.1, -0.05) is 30.3 Å². The Kier molecular flexibility index (Phi) is 4.35. The molecule has 3 heterocycles. The normalized spacial score (nSPS) is 12.4. The highest BCUT2D eigenvalue weighted by molar-refractivity contribution is 5.67. The molecule has 0 aliphatic rings. The SMILES string of the molecule is Cc1cc(NC(CCn2ccnc2C)c2ccccc2)c2nncn2n1. The van der Waals surface area contributed by atoms with E-state index < -0.39 is 0 Å². The second-order valence-corrected chi connectivity index (χ2v) is 6.36. The van der Waals surface area contributed by atoms with Gasteiger partial charge in [0.25, 0.3) is 0 Å². The first-order valence-electron chi connectivity index (χ1n) is 8.67. The molecule has 4 aromatic rings. The van der Waals surface area contributed by atoms with E-state index in [1.807, 2.05) is 38.4 Å². The summed E-state index contributed by atoms with van der Waals surface area (Å²) in [6.07, 6.45) is 6.40. The van der Waals surface area contributed by atoms with E-state index in [9.17, 15) is 0 Å². The minimum atomic E-state index is 0.139. The zero-order valence-corrected chi connectivity index (χ0v) is 14.9. The molecule has 0 saturated heterocycles. The Morgan fingerprint density at radius 2 is 2.00 bits per heavy atom. The number of imidazole rings is 1. The van der Waals surface area contributed by atoms with Crippen molar-refractivity contribution in [1.82, 2.24) is 29.4 Å². The molecule has 1 aromatic carbocycles. The summed E-state index contributed by atoms with van der Waals surface area (Å²) in [6.45, 7) is 4.87. The molecule has 0 aliphatic carbocycles. The fourth-order valence-corrected chi connectivity index (χ4v) is 3.16. The van der Waals surface area contributed by atoms with Crippen LogP contribution in [0.2, 0.25) is 0 Å². The Balaban J connectivity index is 1.64. The fourth-order valence-electron chi connectivity index (χ4n) is 3.16. The molecule has 0 saturated carbocycles. The van der Waals surface area contributed by atoms with E-state index in [0.29, 0.717) is 0 Å². The van der Waals surface area contributed by atoms with Crippen LogP contribution in [0.1, 0.15) is 29.5 Å². The van der Waals surface area contributed by atoms with Crippen molar-refractivity contribution >= 4 is 11.3 Å². The van der Waals surface area contributed by atoms with Crippen LogP contribution in [0.3, 0.4) is 0 Å². The summed E-state index contributed by atoms with van der Waals surface area (Å²) in [6, 6.07) is 12.6. The summed E-state index contributed by atoms with van der Waals surface area (Å²) >= 11 is 0. The summed E-state index contributed by atoms with van der Waals surface area (Å²) in [5.74, 6) is 1.02. The summed E-state index contributed by atoms with van der Waals surface area (Å²) in [5, 5.41) is 16.2. The van der Waals surface area contributed by atoms with Gasteiger partial charge in [0, 0.05) is 18.9 Å². The summed E-state index contributed by atoms with van der Waals surface area (Å²) in [7, 11) is 0. The lowest BCUT2D eigenvalue weighted by molar-refractivity contribution is 0.573. The molecule has 1 atom stereocenters. The highest BCUT2D eigenvalue weighted by Gasteiger charge is 2.15. The monoisotopic (exact) mass is 347 g/mol. The lowest BCUT2D eigenvalue weighted by Crippen LogP contribution is -2.15. The van der Waals surface area contributed by atoms with Gasteiger partial charge >= 0.3 is 0 Å². The lowest BCUT2D eigenvalue weighted by atomic mass is 10.0. The minimum absolute atomic E-state index is 0.139. The van der Waals surface area contributed by atoms with E-state index in [1.54, 1.807) is 10.8 Å². The molecule has 0 radical (unpaired) electrons. The summed E-state index contributed by atoms with van der Waals surface area (Å²) in [4.78, 5) is 4.31. The number of anilines is 1. The number of aromatic nitrogens is 6. The molecule has 0 fully saturated rings. The quantitative estimate of drug-likeness (QED) is 0.580. The van der Waals surface area contributed by atoms with E-state index in [2.05, 4.69) is 54.4 Å². The molecule has 0 aliphatic heterocycles. The van der Waals surface area contributed by atoms with Crippen molar-refractivity contribution in [3.05, 3.63) is 72.2 Å². The third-order valence-electron chi connectivity index (χ3n) is 4.50. The average Bonchev–Trinajstić information content (AvgIpc) is 3.28. The lowest BCUT2D eigenvalue weighted by Gasteiger charge is -2.21. The molecule has 1 N–H and O–H groups in total. The van der Waals surface area contributed by atoms with Gasteiger partial charge in [0.05, 0.1) is 17.4 Å². The van der Waals surface area contributed by atoms with Crippen LogP contribution < -0.4 is 5.32 Å². The molecule has 7 heteroatoms. The fraction of sp³-hybridized carbons (Fsp3) is 0.263. The number of nitrogens with zero attached hydrogens (tertiary/aromatic N) is 6. The zero-order chi connectivity index (χ0) is 17.9. The van der Waals surface area contributed by atoms with Crippen LogP contribution in [-0.2, 0) is 6.54 Å². The van der Waals surface area contributed by atoms with Gasteiger partial charge < -0.3 is 9.88 Å². The predicted octanol–water partition coefficient (Wildman–Crippen LogP) is 3.18. The topological polar surface area (TPSA) is 72.9 Å². The minimum Gasteiger partial charge on any atom is -0.375 e. The number of nitrogens with one attached hydrogen (secondary N) is 1. The van der Waals surface area contributed by atoms with Crippen LogP contribution >= 0.6 is 0 Å². The Bertz CT molecular complexity index is 1000. The van der Waals surface area contributed by atoms with Gasteiger partial charge in [-0.2, -0.15) is 9.61 Å². The Morgan fingerprint density at radius 1 is 1.15 bits per heavy atom. The first-order valence-corrected chi connectivity index (χ1v) is 8.67. The van der Waals surface area contributed by atoms with Gasteiger partial charge in [0.1, 0.15) is 12.2 Å². The molecule has 1 unspecified atom stereocenters. The van der Waals surface area contributed by atoms with Crippen LogP contribution in [-0.4, -0.2) is 29.4 Å². The Morgan fingerprint density at radius 3 is 2.77 bits per heavy atom. The molecule has 132 valence electrons. The molecule has 0 amide bonds. The van der Waals surface area contributed by atoms with E-state index in [-0.39, 0.29) is 6.04 Å². The molecular weight excluding hydrogens is 326 g/mol. The third kappa shape index (κ3) is 3.28. The predicted molar refractivity (Wildman–Crippen MR) is 99.9 cm³/mol. The molecule has 7 nitrogen and oxygen atoms in total. The molecule has 4 rings (SSSR count). The van der Waals surface area contributed by atoms with Gasteiger partial charge in [-0.25, -0.2) is 4.98 Å². The Hall–Kier alpha value is -3.22. The van der Waals surface area contributed by atoms with Gasteiger partial charge in [-0.3, -0.25) is 0 Å². The largest absolute Gasteiger partial charge is 0.375 e. The second kappa shape index (κ2) is 6.95. The highest BCUT2D eigenvalue weighted by Crippen LogP contribution is 2.26. The molecule has 26 heavy (non-hydrogen) atoms. The van der Waals surface area contributed by atoms with Crippen molar-refractivity contribution in [3.63, 3.8) is 0 Å². The standard InChI is InChI=1S/C19H21N7/c1-14-12-18(19-23-21-13-26(19)24-14)22-17(16-6-4-3-5-7-16)8-10-25-11-9-20-15(25)2/h3-7,9,11-13,17,22H,8,10H2,1-2H3. The number of aryl methyl sites for hydroxylation is 3.